The molecule has 0 radical (unpaired) electrons. The van der Waals surface area contributed by atoms with Crippen molar-refractivity contribution in [3.05, 3.63) is 96.2 Å². The highest BCUT2D eigenvalue weighted by atomic mass is 16.5. The molecule has 4 aromatic rings. The lowest BCUT2D eigenvalue weighted by Crippen LogP contribution is -2.19. The van der Waals surface area contributed by atoms with Crippen LogP contribution >= 0.6 is 0 Å². The maximum atomic E-state index is 12.3. The molecule has 0 unspecified atom stereocenters. The number of allylic oxidation sites excluding steroid dienone is 2. The lowest BCUT2D eigenvalue weighted by Gasteiger charge is -2.18. The molecule has 1 aliphatic heterocycles. The number of oxazole rings is 1. The van der Waals surface area contributed by atoms with E-state index in [1.165, 1.54) is 5.56 Å². The summed E-state index contributed by atoms with van der Waals surface area (Å²) in [6, 6.07) is 19.8. The van der Waals surface area contributed by atoms with Crippen LogP contribution in [0, 0.1) is 0 Å². The standard InChI is InChI=1S/C30H29N5O4/c1-30(2,3)19-5-14-27-25(17-19)33-28(39-27)24-15-16-38-18-26(24)35-34-22-8-6-20(7-9-22)31-29(36)32-21-10-12-23(37-4)13-11-21/h5-17H,18H2,1-4H3,(H2,31,32,36). The normalized spacial score (nSPS) is 13.5. The lowest BCUT2D eigenvalue weighted by atomic mass is 9.87. The third-order valence-corrected chi connectivity index (χ3v) is 6.11. The molecule has 0 saturated heterocycles. The number of methoxy groups -OCH3 is 1. The summed E-state index contributed by atoms with van der Waals surface area (Å²) >= 11 is 0. The van der Waals surface area contributed by atoms with Crippen molar-refractivity contribution in [2.45, 2.75) is 26.2 Å². The van der Waals surface area contributed by atoms with Crippen LogP contribution in [0.15, 0.2) is 99.4 Å². The van der Waals surface area contributed by atoms with Gasteiger partial charge in [-0.2, -0.15) is 10.2 Å². The Morgan fingerprint density at radius 2 is 1.64 bits per heavy atom. The summed E-state index contributed by atoms with van der Waals surface area (Å²) in [4.78, 5) is 17.0. The maximum absolute atomic E-state index is 12.3. The number of urea groups is 1. The van der Waals surface area contributed by atoms with Gasteiger partial charge < -0.3 is 24.5 Å². The second kappa shape index (κ2) is 10.8. The average molecular weight is 524 g/mol. The summed E-state index contributed by atoms with van der Waals surface area (Å²) in [5.41, 5.74) is 5.89. The van der Waals surface area contributed by atoms with Crippen LogP contribution in [-0.4, -0.2) is 24.7 Å². The number of nitrogens with zero attached hydrogens (tertiary/aromatic N) is 3. The van der Waals surface area contributed by atoms with Gasteiger partial charge in [0.2, 0.25) is 5.89 Å². The van der Waals surface area contributed by atoms with Gasteiger partial charge in [0.25, 0.3) is 0 Å². The Morgan fingerprint density at radius 1 is 0.949 bits per heavy atom. The second-order valence-electron chi connectivity index (χ2n) is 9.98. The summed E-state index contributed by atoms with van der Waals surface area (Å²) in [5, 5.41) is 14.3. The predicted molar refractivity (Wildman–Crippen MR) is 151 cm³/mol. The zero-order valence-electron chi connectivity index (χ0n) is 22.2. The monoisotopic (exact) mass is 523 g/mol. The Bertz CT molecular complexity index is 1580. The van der Waals surface area contributed by atoms with E-state index in [4.69, 9.17) is 18.9 Å². The number of ether oxygens (including phenoxy) is 2. The molecule has 0 aliphatic carbocycles. The molecule has 39 heavy (non-hydrogen) atoms. The van der Waals surface area contributed by atoms with E-state index in [0.29, 0.717) is 45.6 Å². The highest BCUT2D eigenvalue weighted by molar-refractivity contribution is 5.99. The molecule has 1 aromatic heterocycles. The maximum Gasteiger partial charge on any atom is 0.323 e. The fourth-order valence-electron chi connectivity index (χ4n) is 3.90. The Balaban J connectivity index is 1.28. The molecular formula is C30H29N5O4. The molecule has 0 atom stereocenters. The average Bonchev–Trinajstić information content (AvgIpc) is 3.36. The number of carbonyl (C=O) groups excluding carboxylic acids is 1. The van der Waals surface area contributed by atoms with E-state index in [1.54, 1.807) is 68.0 Å². The Hall–Kier alpha value is -4.92. The van der Waals surface area contributed by atoms with Crippen molar-refractivity contribution in [1.29, 1.82) is 0 Å². The minimum absolute atomic E-state index is 0.00986. The number of amides is 2. The molecule has 0 saturated carbocycles. The number of hydrogen-bond acceptors (Lipinski definition) is 7. The van der Waals surface area contributed by atoms with E-state index in [0.717, 1.165) is 5.52 Å². The summed E-state index contributed by atoms with van der Waals surface area (Å²) in [6.07, 6.45) is 3.38. The van der Waals surface area contributed by atoms with Crippen molar-refractivity contribution in [2.75, 3.05) is 24.4 Å². The number of carbonyl (C=O) groups is 1. The van der Waals surface area contributed by atoms with Gasteiger partial charge in [-0.15, -0.1) is 0 Å². The molecule has 0 spiro atoms. The Labute approximate surface area is 226 Å². The number of azo groups is 1. The van der Waals surface area contributed by atoms with Crippen LogP contribution in [0.2, 0.25) is 0 Å². The molecule has 9 nitrogen and oxygen atoms in total. The van der Waals surface area contributed by atoms with Crippen LogP contribution in [0.25, 0.3) is 16.7 Å². The minimum Gasteiger partial charge on any atom is -0.497 e. The van der Waals surface area contributed by atoms with E-state index < -0.39 is 0 Å². The number of fused-ring (bicyclic) bond motifs is 1. The van der Waals surface area contributed by atoms with Gasteiger partial charge in [-0.25, -0.2) is 9.78 Å². The topological polar surface area (TPSA) is 110 Å². The van der Waals surface area contributed by atoms with Crippen molar-refractivity contribution < 1.29 is 18.7 Å². The van der Waals surface area contributed by atoms with E-state index in [-0.39, 0.29) is 18.1 Å². The summed E-state index contributed by atoms with van der Waals surface area (Å²) in [6.45, 7) is 6.73. The fourth-order valence-corrected chi connectivity index (χ4v) is 3.90. The van der Waals surface area contributed by atoms with Crippen LogP contribution in [0.3, 0.4) is 0 Å². The van der Waals surface area contributed by atoms with Crippen molar-refractivity contribution >= 4 is 39.8 Å². The van der Waals surface area contributed by atoms with E-state index >= 15 is 0 Å². The molecule has 2 heterocycles. The van der Waals surface area contributed by atoms with Crippen molar-refractivity contribution in [3.63, 3.8) is 0 Å². The van der Waals surface area contributed by atoms with Gasteiger partial charge in [-0.05, 0) is 77.7 Å². The molecule has 9 heteroatoms. The van der Waals surface area contributed by atoms with Crippen LogP contribution in [-0.2, 0) is 10.2 Å². The smallest absolute Gasteiger partial charge is 0.323 e. The third kappa shape index (κ3) is 6.15. The van der Waals surface area contributed by atoms with Gasteiger partial charge in [0.1, 0.15) is 23.6 Å². The minimum atomic E-state index is -0.358. The number of nitrogens with one attached hydrogen (secondary N) is 2. The van der Waals surface area contributed by atoms with E-state index in [1.807, 2.05) is 6.07 Å². The molecule has 3 aromatic carbocycles. The van der Waals surface area contributed by atoms with Gasteiger partial charge in [0, 0.05) is 11.4 Å². The molecule has 198 valence electrons. The van der Waals surface area contributed by atoms with Gasteiger partial charge in [-0.1, -0.05) is 26.8 Å². The van der Waals surface area contributed by atoms with Crippen molar-refractivity contribution in [1.82, 2.24) is 4.98 Å². The SMILES string of the molecule is COc1ccc(NC(=O)Nc2ccc(N=NC3=C(c4nc5cc(C(C)(C)C)ccc5o4)C=COC3)cc2)cc1. The quantitative estimate of drug-likeness (QED) is 0.250. The number of benzene rings is 3. The Morgan fingerprint density at radius 3 is 2.31 bits per heavy atom. The first-order valence-electron chi connectivity index (χ1n) is 12.4. The van der Waals surface area contributed by atoms with Crippen molar-refractivity contribution in [2.24, 2.45) is 10.2 Å². The summed E-state index contributed by atoms with van der Waals surface area (Å²) in [7, 11) is 1.59. The first-order chi connectivity index (χ1) is 18.8. The van der Waals surface area contributed by atoms with Crippen LogP contribution in [0.4, 0.5) is 21.9 Å². The summed E-state index contributed by atoms with van der Waals surface area (Å²) < 4.78 is 16.6. The van der Waals surface area contributed by atoms with Gasteiger partial charge >= 0.3 is 6.03 Å². The zero-order valence-corrected chi connectivity index (χ0v) is 22.2. The number of anilines is 2. The first kappa shape index (κ1) is 25.7. The molecule has 5 rings (SSSR count). The molecule has 2 amide bonds. The van der Waals surface area contributed by atoms with Gasteiger partial charge in [0.15, 0.2) is 5.58 Å². The fraction of sp³-hybridized carbons (Fsp3) is 0.200. The first-order valence-corrected chi connectivity index (χ1v) is 12.4. The van der Waals surface area contributed by atoms with E-state index in [9.17, 15) is 4.79 Å². The second-order valence-corrected chi connectivity index (χ2v) is 9.98. The predicted octanol–water partition coefficient (Wildman–Crippen LogP) is 7.82. The highest BCUT2D eigenvalue weighted by Gasteiger charge is 2.19. The van der Waals surface area contributed by atoms with Crippen LogP contribution in [0.5, 0.6) is 5.75 Å². The van der Waals surface area contributed by atoms with E-state index in [2.05, 4.69) is 53.8 Å². The van der Waals surface area contributed by atoms with Gasteiger partial charge in [0.05, 0.1) is 24.6 Å². The Kier molecular flexibility index (Phi) is 7.14. The van der Waals surface area contributed by atoms with Crippen molar-refractivity contribution in [3.8, 4) is 5.75 Å². The lowest BCUT2D eigenvalue weighted by molar-refractivity contribution is 0.262. The molecule has 1 aliphatic rings. The molecule has 0 bridgehead atoms. The molecular weight excluding hydrogens is 494 g/mol. The molecule has 2 N–H and O–H groups in total. The third-order valence-electron chi connectivity index (χ3n) is 6.11. The number of hydrogen-bond donors (Lipinski definition) is 2. The summed E-state index contributed by atoms with van der Waals surface area (Å²) in [5.74, 6) is 1.18. The number of rotatable bonds is 6. The number of aromatic nitrogens is 1. The van der Waals surface area contributed by atoms with Crippen LogP contribution in [0.1, 0.15) is 32.2 Å². The largest absolute Gasteiger partial charge is 0.497 e. The van der Waals surface area contributed by atoms with Gasteiger partial charge in [-0.3, -0.25) is 0 Å². The zero-order chi connectivity index (χ0) is 27.4. The van der Waals surface area contributed by atoms with Crippen LogP contribution < -0.4 is 15.4 Å². The highest BCUT2D eigenvalue weighted by Crippen LogP contribution is 2.31. The molecule has 0 fully saturated rings.